The Hall–Kier alpha value is -1.80. The van der Waals surface area contributed by atoms with Crippen molar-refractivity contribution in [2.45, 2.75) is 48.4 Å². The van der Waals surface area contributed by atoms with Gasteiger partial charge in [-0.1, -0.05) is 0 Å². The second-order valence-corrected chi connectivity index (χ2v) is 4.99. The maximum atomic E-state index is 13.7. The van der Waals surface area contributed by atoms with E-state index in [9.17, 15) is 79.4 Å². The third-order valence-electron chi connectivity index (χ3n) is 2.81. The largest absolute Gasteiger partial charge is 0.465 e. The lowest BCUT2D eigenvalue weighted by atomic mass is 10.2. The molecule has 0 unspecified atom stereocenters. The number of methoxy groups -OCH3 is 1. The van der Waals surface area contributed by atoms with E-state index in [0.717, 1.165) is 0 Å². The van der Waals surface area contributed by atoms with Crippen LogP contribution in [0, 0.1) is 0 Å². The van der Waals surface area contributed by atoms with Crippen molar-refractivity contribution in [2.75, 3.05) is 7.11 Å². The molecule has 0 aromatic carbocycles. The first-order valence-corrected chi connectivity index (χ1v) is 6.35. The first kappa shape index (κ1) is 29.2. The zero-order valence-electron chi connectivity index (χ0n) is 13.6. The molecule has 21 heteroatoms. The Balaban J connectivity index is 6.69. The predicted octanol–water partition coefficient (Wildman–Crippen LogP) is 5.03. The van der Waals surface area contributed by atoms with Crippen molar-refractivity contribution in [1.82, 2.24) is 0 Å². The lowest BCUT2D eigenvalue weighted by molar-refractivity contribution is -0.548. The predicted molar refractivity (Wildman–Crippen MR) is 54.9 cm³/mol. The molecule has 4 nitrogen and oxygen atoms in total. The van der Waals surface area contributed by atoms with Gasteiger partial charge in [0.2, 0.25) is 0 Å². The van der Waals surface area contributed by atoms with Crippen LogP contribution in [0.2, 0.25) is 0 Å². The third-order valence-corrected chi connectivity index (χ3v) is 2.81. The zero-order chi connectivity index (χ0) is 25.7. The molecule has 0 aromatic heterocycles. The molecule has 0 saturated carbocycles. The fourth-order valence-corrected chi connectivity index (χ4v) is 1.28. The summed E-state index contributed by atoms with van der Waals surface area (Å²) in [6.45, 7) is 0. The number of carbonyl (C=O) groups is 1. The molecule has 0 aromatic rings. The van der Waals surface area contributed by atoms with Gasteiger partial charge in [0, 0.05) is 0 Å². The monoisotopic (exact) mass is 510 g/mol. The van der Waals surface area contributed by atoms with Crippen molar-refractivity contribution >= 4 is 5.97 Å². The Labute approximate surface area is 156 Å². The average Bonchev–Trinajstić information content (AvgIpc) is 2.49. The molecule has 0 aliphatic carbocycles. The molecule has 0 amide bonds. The normalized spacial score (nSPS) is 18.9. The topological polar surface area (TPSA) is 44.8 Å². The summed E-state index contributed by atoms with van der Waals surface area (Å²) in [7, 11) is -0.231. The number of alkyl halides is 17. The molecule has 0 bridgehead atoms. The lowest BCUT2D eigenvalue weighted by Gasteiger charge is -2.39. The van der Waals surface area contributed by atoms with Crippen LogP contribution < -0.4 is 0 Å². The van der Waals surface area contributed by atoms with Crippen LogP contribution in [0.1, 0.15) is 0 Å². The maximum Gasteiger partial charge on any atom is 0.462 e. The van der Waals surface area contributed by atoms with Crippen LogP contribution in [-0.4, -0.2) is 61.5 Å². The van der Waals surface area contributed by atoms with Gasteiger partial charge in [0.25, 0.3) is 0 Å². The summed E-state index contributed by atoms with van der Waals surface area (Å²) in [6.07, 6.45) is -38.5. The number of carbonyl (C=O) groups excluding carboxylic acids is 1. The lowest BCUT2D eigenvalue weighted by Crippen LogP contribution is -2.68. The van der Waals surface area contributed by atoms with Crippen molar-refractivity contribution in [3.05, 3.63) is 0 Å². The molecule has 186 valence electrons. The highest BCUT2D eigenvalue weighted by atomic mass is 19.4. The number of rotatable bonds is 7. The van der Waals surface area contributed by atoms with Gasteiger partial charge >= 0.3 is 54.3 Å². The Morgan fingerprint density at radius 3 is 1.19 bits per heavy atom. The van der Waals surface area contributed by atoms with Gasteiger partial charge in [0.15, 0.2) is 0 Å². The van der Waals surface area contributed by atoms with E-state index in [1.165, 1.54) is 4.74 Å². The molecule has 0 aliphatic heterocycles. The highest BCUT2D eigenvalue weighted by molar-refractivity contribution is 5.78. The van der Waals surface area contributed by atoms with Crippen molar-refractivity contribution in [2.24, 2.45) is 0 Å². The highest BCUT2D eigenvalue weighted by Crippen LogP contribution is 2.56. The van der Waals surface area contributed by atoms with Crippen molar-refractivity contribution in [3.8, 4) is 0 Å². The van der Waals surface area contributed by atoms with Crippen LogP contribution in [0.15, 0.2) is 0 Å². The van der Waals surface area contributed by atoms with E-state index in [1.54, 1.807) is 4.74 Å². The van der Waals surface area contributed by atoms with Gasteiger partial charge < -0.3 is 4.74 Å². The second-order valence-electron chi connectivity index (χ2n) is 4.99. The van der Waals surface area contributed by atoms with E-state index in [0.29, 0.717) is 0 Å². The standard InChI is InChI=1S/C10H3F17O4/c1-29-2(28)3(11,6(15,16)17)30-10(26,27)5(14,8(21,22)23)31-9(24,25)4(12,13)7(18,19)20/h1H3/t3-,5+/m1/s1. The van der Waals surface area contributed by atoms with E-state index in [1.807, 2.05) is 0 Å². The fourth-order valence-electron chi connectivity index (χ4n) is 1.28. The van der Waals surface area contributed by atoms with Gasteiger partial charge in [-0.3, -0.25) is 9.47 Å². The van der Waals surface area contributed by atoms with E-state index < -0.39 is 54.3 Å². The molecule has 0 aliphatic rings. The third kappa shape index (κ3) is 4.85. The molecular formula is C10H3F17O4. The summed E-state index contributed by atoms with van der Waals surface area (Å²) in [6, 6.07) is 0. The quantitative estimate of drug-likeness (QED) is 0.356. The van der Waals surface area contributed by atoms with Crippen LogP contribution in [0.3, 0.4) is 0 Å². The number of hydrogen-bond donors (Lipinski definition) is 0. The SMILES string of the molecule is COC(=O)[C@@](F)(OC(F)(F)[C@@](F)(OC(F)(F)C(F)(F)C(F)(F)F)C(F)(F)F)C(F)(F)F. The van der Waals surface area contributed by atoms with Crippen molar-refractivity contribution in [3.63, 3.8) is 0 Å². The molecule has 31 heavy (non-hydrogen) atoms. The summed E-state index contributed by atoms with van der Waals surface area (Å²) in [5.41, 5.74) is 0. The molecule has 0 spiro atoms. The van der Waals surface area contributed by atoms with Crippen LogP contribution >= 0.6 is 0 Å². The van der Waals surface area contributed by atoms with Gasteiger partial charge in [0.1, 0.15) is 0 Å². The van der Waals surface area contributed by atoms with E-state index in [2.05, 4.69) is 4.74 Å². The molecule has 0 radical (unpaired) electrons. The van der Waals surface area contributed by atoms with Crippen LogP contribution in [-0.2, 0) is 19.0 Å². The van der Waals surface area contributed by atoms with Crippen LogP contribution in [0.25, 0.3) is 0 Å². The average molecular weight is 510 g/mol. The smallest absolute Gasteiger partial charge is 0.462 e. The molecule has 2 atom stereocenters. The van der Waals surface area contributed by atoms with Gasteiger partial charge in [-0.2, -0.15) is 74.6 Å². The van der Waals surface area contributed by atoms with E-state index >= 15 is 0 Å². The molecule has 0 N–H and O–H groups in total. The summed E-state index contributed by atoms with van der Waals surface area (Å²) >= 11 is 0. The van der Waals surface area contributed by atoms with Gasteiger partial charge in [-0.25, -0.2) is 4.79 Å². The van der Waals surface area contributed by atoms with Crippen LogP contribution in [0.5, 0.6) is 0 Å². The molecule has 0 rings (SSSR count). The van der Waals surface area contributed by atoms with Crippen molar-refractivity contribution in [1.29, 1.82) is 0 Å². The first-order chi connectivity index (χ1) is 13.1. The number of hydrogen-bond acceptors (Lipinski definition) is 4. The van der Waals surface area contributed by atoms with E-state index in [4.69, 9.17) is 0 Å². The number of halogens is 17. The maximum absolute atomic E-state index is 13.7. The van der Waals surface area contributed by atoms with Gasteiger partial charge in [0.05, 0.1) is 7.11 Å². The fraction of sp³-hybridized carbons (Fsp3) is 0.900. The van der Waals surface area contributed by atoms with E-state index in [-0.39, 0.29) is 7.11 Å². The Morgan fingerprint density at radius 2 is 0.935 bits per heavy atom. The number of ether oxygens (including phenoxy) is 3. The minimum atomic E-state index is -8.03. The minimum Gasteiger partial charge on any atom is -0.465 e. The highest BCUT2D eigenvalue weighted by Gasteiger charge is 2.85. The van der Waals surface area contributed by atoms with Crippen molar-refractivity contribution < 1.29 is 93.6 Å². The Kier molecular flexibility index (Phi) is 7.21. The van der Waals surface area contributed by atoms with Gasteiger partial charge in [-0.05, 0) is 0 Å². The molecule has 0 fully saturated rings. The van der Waals surface area contributed by atoms with Gasteiger partial charge in [-0.15, -0.1) is 0 Å². The summed E-state index contributed by atoms with van der Waals surface area (Å²) in [5, 5.41) is 0. The minimum absolute atomic E-state index is 0.231. The summed E-state index contributed by atoms with van der Waals surface area (Å²) < 4.78 is 222. The first-order valence-electron chi connectivity index (χ1n) is 6.35. The Bertz CT molecular complexity index is 663. The molecular weight excluding hydrogens is 507 g/mol. The second kappa shape index (κ2) is 7.66. The number of esters is 1. The summed E-state index contributed by atoms with van der Waals surface area (Å²) in [5.74, 6) is -26.4. The molecule has 0 heterocycles. The Morgan fingerprint density at radius 1 is 0.548 bits per heavy atom. The van der Waals surface area contributed by atoms with Crippen LogP contribution in [0.4, 0.5) is 74.6 Å². The summed E-state index contributed by atoms with van der Waals surface area (Å²) in [4.78, 5) is 10.7. The molecule has 0 saturated heterocycles. The zero-order valence-corrected chi connectivity index (χ0v) is 13.6.